The Bertz CT molecular complexity index is 637. The first-order valence-corrected chi connectivity index (χ1v) is 8.83. The molecule has 11 nitrogen and oxygen atoms in total. The molecule has 1 aromatic heterocycles. The second-order valence-corrected chi connectivity index (χ2v) is 6.56. The fourth-order valence-corrected chi connectivity index (χ4v) is 2.68. The minimum absolute atomic E-state index is 0. The molecule has 0 unspecified atom stereocenters. The maximum atomic E-state index is 11.9. The van der Waals surface area contributed by atoms with Gasteiger partial charge in [0.05, 0.1) is 6.61 Å². The number of aliphatic hydroxyl groups excluding tert-OH is 2. The highest BCUT2D eigenvalue weighted by molar-refractivity contribution is 7.98. The van der Waals surface area contributed by atoms with Crippen LogP contribution in [0.4, 0.5) is 0 Å². The Hall–Kier alpha value is -0.820. The average molecular weight is 371 g/mol. The van der Waals surface area contributed by atoms with Gasteiger partial charge in [-0.1, -0.05) is 0 Å². The van der Waals surface area contributed by atoms with Gasteiger partial charge in [0, 0.05) is 6.20 Å². The molecule has 4 atom stereocenters. The molecule has 23 heavy (non-hydrogen) atoms. The lowest BCUT2D eigenvalue weighted by Gasteiger charge is -2.17. The maximum absolute atomic E-state index is 11.9. The van der Waals surface area contributed by atoms with Gasteiger partial charge in [0.15, 0.2) is 6.23 Å². The molecule has 1 aliphatic heterocycles. The number of rotatable bonds is 5. The molecule has 13 heteroatoms. The minimum atomic E-state index is -4.73. The molecule has 0 amide bonds. The van der Waals surface area contributed by atoms with E-state index in [9.17, 15) is 19.6 Å². The number of nitrogens with zero attached hydrogens (tertiary/aromatic N) is 2. The van der Waals surface area contributed by atoms with E-state index in [2.05, 4.69) is 9.51 Å². The Kier molecular flexibility index (Phi) is 6.89. The number of ether oxygens (including phenoxy) is 1. The Morgan fingerprint density at radius 1 is 1.43 bits per heavy atom. The Morgan fingerprint density at radius 2 is 2.09 bits per heavy atom. The third-order valence-electron chi connectivity index (χ3n) is 3.03. The van der Waals surface area contributed by atoms with Crippen molar-refractivity contribution in [3.8, 4) is 0 Å². The van der Waals surface area contributed by atoms with Gasteiger partial charge in [0.25, 0.3) is 0 Å². The van der Waals surface area contributed by atoms with Crippen LogP contribution in [0.2, 0.25) is 0 Å². The van der Waals surface area contributed by atoms with Gasteiger partial charge in [-0.15, -0.1) is 11.8 Å². The van der Waals surface area contributed by atoms with E-state index in [1.54, 1.807) is 6.26 Å². The molecule has 1 aromatic rings. The van der Waals surface area contributed by atoms with E-state index in [0.29, 0.717) is 5.03 Å². The van der Waals surface area contributed by atoms with E-state index in [1.165, 1.54) is 24.0 Å². The monoisotopic (exact) mass is 371 g/mol. The molecule has 132 valence electrons. The van der Waals surface area contributed by atoms with Crippen molar-refractivity contribution in [1.29, 1.82) is 0 Å². The number of hydrogen-bond donors (Lipinski definition) is 5. The molecule has 0 aliphatic carbocycles. The first kappa shape index (κ1) is 20.2. The predicted molar refractivity (Wildman–Crippen MR) is 79.2 cm³/mol. The van der Waals surface area contributed by atoms with Gasteiger partial charge in [-0.05, 0) is 12.3 Å². The zero-order valence-electron chi connectivity index (χ0n) is 12.1. The van der Waals surface area contributed by atoms with Crippen LogP contribution in [0.3, 0.4) is 0 Å². The van der Waals surface area contributed by atoms with Gasteiger partial charge < -0.3 is 30.9 Å². The molecule has 0 saturated carbocycles. The second-order valence-electron chi connectivity index (χ2n) is 4.49. The molecule has 7 N–H and O–H groups in total. The zero-order chi connectivity index (χ0) is 16.5. The van der Waals surface area contributed by atoms with Crippen LogP contribution in [0, 0.1) is 0 Å². The van der Waals surface area contributed by atoms with Crippen molar-refractivity contribution in [2.75, 3.05) is 12.9 Å². The van der Waals surface area contributed by atoms with Crippen molar-refractivity contribution in [3.63, 3.8) is 0 Å². The lowest BCUT2D eigenvalue weighted by molar-refractivity contribution is -0.0543. The summed E-state index contributed by atoms with van der Waals surface area (Å²) in [6, 6.07) is 1.54. The highest BCUT2D eigenvalue weighted by Crippen LogP contribution is 2.38. The third kappa shape index (κ3) is 4.83. The van der Waals surface area contributed by atoms with Crippen molar-refractivity contribution in [2.24, 2.45) is 0 Å². The molecule has 0 spiro atoms. The molecule has 0 bridgehead atoms. The lowest BCUT2D eigenvalue weighted by atomic mass is 10.1. The Labute approximate surface area is 135 Å². The Morgan fingerprint density at radius 3 is 2.61 bits per heavy atom. The summed E-state index contributed by atoms with van der Waals surface area (Å²) in [5.74, 6) is 0. The molecule has 1 fully saturated rings. The topological polar surface area (TPSA) is 186 Å². The standard InChI is InChI=1S/C10H15N2O8PS.H3N/c1-22-6-2-3-12(10(15)11-6)9-8(14)7(13)5(20-9)4-19-21(16,17)18;/h2-3,5,7-9,13-14H,4H2,1H3,(H2,16,17,18);1H3/t5-,7-,8-,9-;/m1./s1. The number of aliphatic hydroxyl groups is 2. The molecule has 1 saturated heterocycles. The zero-order valence-corrected chi connectivity index (χ0v) is 13.8. The van der Waals surface area contributed by atoms with Gasteiger partial charge >= 0.3 is 13.5 Å². The van der Waals surface area contributed by atoms with E-state index in [-0.39, 0.29) is 6.15 Å². The van der Waals surface area contributed by atoms with Gasteiger partial charge in [-0.3, -0.25) is 9.09 Å². The quantitative estimate of drug-likeness (QED) is 0.239. The fourth-order valence-electron chi connectivity index (χ4n) is 1.97. The van der Waals surface area contributed by atoms with E-state index in [0.717, 1.165) is 4.57 Å². The van der Waals surface area contributed by atoms with Crippen molar-refractivity contribution in [2.45, 2.75) is 29.6 Å². The highest BCUT2D eigenvalue weighted by Gasteiger charge is 2.44. The van der Waals surface area contributed by atoms with Gasteiger partial charge in [-0.25, -0.2) is 9.36 Å². The summed E-state index contributed by atoms with van der Waals surface area (Å²) in [7, 11) is -4.73. The van der Waals surface area contributed by atoms with Crippen LogP contribution in [0.1, 0.15) is 6.23 Å². The predicted octanol–water partition coefficient (Wildman–Crippen LogP) is -1.14. The number of hydrogen-bond acceptors (Lipinski definition) is 9. The van der Waals surface area contributed by atoms with E-state index >= 15 is 0 Å². The summed E-state index contributed by atoms with van der Waals surface area (Å²) in [6.45, 7) is -0.635. The highest BCUT2D eigenvalue weighted by atomic mass is 32.2. The van der Waals surface area contributed by atoms with Gasteiger partial charge in [0.2, 0.25) is 0 Å². The first-order valence-electron chi connectivity index (χ1n) is 6.08. The summed E-state index contributed by atoms with van der Waals surface area (Å²) in [6.07, 6.45) is -2.26. The van der Waals surface area contributed by atoms with Crippen molar-refractivity contribution >= 4 is 19.6 Å². The molecule has 2 rings (SSSR count). The van der Waals surface area contributed by atoms with E-state index < -0.39 is 44.7 Å². The minimum Gasteiger partial charge on any atom is -0.387 e. The number of aromatic nitrogens is 2. The first-order chi connectivity index (χ1) is 10.2. The number of phosphoric ester groups is 1. The molecule has 0 aromatic carbocycles. The lowest BCUT2D eigenvalue weighted by Crippen LogP contribution is -2.36. The normalized spacial score (nSPS) is 27.7. The smallest absolute Gasteiger partial charge is 0.387 e. The van der Waals surface area contributed by atoms with Crippen molar-refractivity contribution < 1.29 is 33.8 Å². The van der Waals surface area contributed by atoms with Crippen LogP contribution in [0.5, 0.6) is 0 Å². The van der Waals surface area contributed by atoms with Crippen LogP contribution in [-0.4, -0.2) is 60.7 Å². The van der Waals surface area contributed by atoms with Crippen LogP contribution < -0.4 is 11.8 Å². The van der Waals surface area contributed by atoms with Gasteiger partial charge in [0.1, 0.15) is 23.3 Å². The fraction of sp³-hybridized carbons (Fsp3) is 0.600. The summed E-state index contributed by atoms with van der Waals surface area (Å²) < 4.78 is 21.2. The summed E-state index contributed by atoms with van der Waals surface area (Å²) in [4.78, 5) is 32.9. The maximum Gasteiger partial charge on any atom is 0.469 e. The third-order valence-corrected chi connectivity index (χ3v) is 4.16. The molecule has 2 heterocycles. The number of thioether (sulfide) groups is 1. The Balaban J connectivity index is 0.00000264. The largest absolute Gasteiger partial charge is 0.469 e. The molecule has 1 aliphatic rings. The average Bonchev–Trinajstić information content (AvgIpc) is 2.72. The van der Waals surface area contributed by atoms with Crippen molar-refractivity contribution in [1.82, 2.24) is 15.7 Å². The molecular weight excluding hydrogens is 353 g/mol. The van der Waals surface area contributed by atoms with Crippen LogP contribution in [0.25, 0.3) is 0 Å². The van der Waals surface area contributed by atoms with Crippen LogP contribution >= 0.6 is 19.6 Å². The molecular formula is C10H18N3O8PS. The van der Waals surface area contributed by atoms with E-state index in [1.807, 2.05) is 0 Å². The summed E-state index contributed by atoms with van der Waals surface area (Å²) in [5, 5.41) is 20.3. The number of phosphoric acid groups is 1. The molecule has 0 radical (unpaired) electrons. The van der Waals surface area contributed by atoms with Crippen molar-refractivity contribution in [3.05, 3.63) is 22.7 Å². The van der Waals surface area contributed by atoms with E-state index in [4.69, 9.17) is 14.5 Å². The van der Waals surface area contributed by atoms with Gasteiger partial charge in [-0.2, -0.15) is 4.98 Å². The van der Waals surface area contributed by atoms with Crippen LogP contribution in [0.15, 0.2) is 22.1 Å². The SMILES string of the molecule is CSc1ccn([C@@H]2O[C@H](COP(=O)(O)O)[C@@H](O)[C@H]2O)c(=O)n1.N. The second kappa shape index (κ2) is 7.83. The van der Waals surface area contributed by atoms with Crippen LogP contribution in [-0.2, 0) is 13.8 Å². The summed E-state index contributed by atoms with van der Waals surface area (Å²) in [5.41, 5.74) is -0.681. The summed E-state index contributed by atoms with van der Waals surface area (Å²) >= 11 is 1.26.